The molecule has 6 heteroatoms. The Kier molecular flexibility index (Phi) is 6.99. The van der Waals surface area contributed by atoms with E-state index in [0.29, 0.717) is 39.3 Å². The Bertz CT molecular complexity index is 871. The molecule has 2 aromatic carbocycles. The molecule has 0 aliphatic carbocycles. The normalized spacial score (nSPS) is 20.4. The van der Waals surface area contributed by atoms with E-state index in [9.17, 15) is 9.59 Å². The van der Waals surface area contributed by atoms with Gasteiger partial charge < -0.3 is 15.0 Å². The van der Waals surface area contributed by atoms with Crippen molar-refractivity contribution in [2.45, 2.75) is 31.9 Å². The quantitative estimate of drug-likeness (QED) is 0.779. The first-order valence-electron chi connectivity index (χ1n) is 11.2. The number of nitrogens with zero attached hydrogens (tertiary/aromatic N) is 2. The molecule has 0 spiro atoms. The van der Waals surface area contributed by atoms with E-state index < -0.39 is 0 Å². The Morgan fingerprint density at radius 2 is 1.68 bits per heavy atom. The lowest BCUT2D eigenvalue weighted by Gasteiger charge is -2.35. The Morgan fingerprint density at radius 1 is 1.00 bits per heavy atom. The van der Waals surface area contributed by atoms with Gasteiger partial charge in [0, 0.05) is 32.8 Å². The van der Waals surface area contributed by atoms with Gasteiger partial charge in [0.05, 0.1) is 12.6 Å². The van der Waals surface area contributed by atoms with Crippen LogP contribution >= 0.6 is 0 Å². The van der Waals surface area contributed by atoms with E-state index in [-0.39, 0.29) is 24.0 Å². The van der Waals surface area contributed by atoms with Gasteiger partial charge in [0.15, 0.2) is 0 Å². The van der Waals surface area contributed by atoms with Crippen LogP contribution in [0.4, 0.5) is 0 Å². The standard InChI is InChI=1S/C25H31N3O3/c1-19(20-9-11-22(12-10-20)21-6-3-2-4-7-21)26-24(29)18-27-13-15-28(16-14-27)25(30)23-8-5-17-31-23/h2-4,6-7,9-12,19,23H,5,8,13-18H2,1H3,(H,26,29)/t19-,23+/m1/s1. The molecule has 2 aliphatic rings. The summed E-state index contributed by atoms with van der Waals surface area (Å²) in [5, 5.41) is 3.10. The Hall–Kier alpha value is -2.70. The highest BCUT2D eigenvalue weighted by Crippen LogP contribution is 2.22. The first-order valence-corrected chi connectivity index (χ1v) is 11.2. The van der Waals surface area contributed by atoms with Gasteiger partial charge in [-0.15, -0.1) is 0 Å². The highest BCUT2D eigenvalue weighted by atomic mass is 16.5. The molecule has 0 radical (unpaired) electrons. The number of benzene rings is 2. The first kappa shape index (κ1) is 21.5. The second kappa shape index (κ2) is 10.1. The summed E-state index contributed by atoms with van der Waals surface area (Å²) < 4.78 is 5.51. The number of carbonyl (C=O) groups is 2. The number of amides is 2. The summed E-state index contributed by atoms with van der Waals surface area (Å²) in [6, 6.07) is 18.5. The minimum Gasteiger partial charge on any atom is -0.368 e. The van der Waals surface area contributed by atoms with Gasteiger partial charge in [-0.3, -0.25) is 14.5 Å². The fourth-order valence-corrected chi connectivity index (χ4v) is 4.27. The molecule has 2 aliphatic heterocycles. The zero-order chi connectivity index (χ0) is 21.6. The highest BCUT2D eigenvalue weighted by molar-refractivity contribution is 5.81. The van der Waals surface area contributed by atoms with Gasteiger partial charge >= 0.3 is 0 Å². The topological polar surface area (TPSA) is 61.9 Å². The average Bonchev–Trinajstić information content (AvgIpc) is 3.35. The van der Waals surface area contributed by atoms with Crippen LogP contribution in [0.2, 0.25) is 0 Å². The maximum absolute atomic E-state index is 12.6. The number of hydrogen-bond acceptors (Lipinski definition) is 4. The SMILES string of the molecule is C[C@@H](NC(=O)CN1CCN(C(=O)[C@@H]2CCCO2)CC1)c1ccc(-c2ccccc2)cc1. The molecule has 6 nitrogen and oxygen atoms in total. The van der Waals surface area contributed by atoms with Crippen LogP contribution in [-0.2, 0) is 14.3 Å². The van der Waals surface area contributed by atoms with Crippen molar-refractivity contribution in [3.63, 3.8) is 0 Å². The Labute approximate surface area is 184 Å². The summed E-state index contributed by atoms with van der Waals surface area (Å²) in [5.74, 6) is 0.118. The molecule has 164 valence electrons. The summed E-state index contributed by atoms with van der Waals surface area (Å²) in [6.07, 6.45) is 1.53. The van der Waals surface area contributed by atoms with Crippen LogP contribution in [0.5, 0.6) is 0 Å². The van der Waals surface area contributed by atoms with Crippen LogP contribution < -0.4 is 5.32 Å². The smallest absolute Gasteiger partial charge is 0.251 e. The molecule has 0 bridgehead atoms. The monoisotopic (exact) mass is 421 g/mol. The van der Waals surface area contributed by atoms with E-state index in [1.54, 1.807) is 0 Å². The zero-order valence-corrected chi connectivity index (χ0v) is 18.1. The van der Waals surface area contributed by atoms with Crippen molar-refractivity contribution in [1.29, 1.82) is 0 Å². The lowest BCUT2D eigenvalue weighted by Crippen LogP contribution is -2.53. The average molecular weight is 422 g/mol. The molecule has 4 rings (SSSR count). The van der Waals surface area contributed by atoms with Crippen LogP contribution in [-0.4, -0.2) is 67.0 Å². The van der Waals surface area contributed by atoms with Crippen LogP contribution in [0.3, 0.4) is 0 Å². The van der Waals surface area contributed by atoms with Gasteiger partial charge in [0.2, 0.25) is 5.91 Å². The molecule has 31 heavy (non-hydrogen) atoms. The van der Waals surface area contributed by atoms with Crippen molar-refractivity contribution in [3.05, 3.63) is 60.2 Å². The molecule has 0 unspecified atom stereocenters. The van der Waals surface area contributed by atoms with Crippen molar-refractivity contribution in [2.24, 2.45) is 0 Å². The highest BCUT2D eigenvalue weighted by Gasteiger charge is 2.30. The van der Waals surface area contributed by atoms with Crippen LogP contribution in [0.1, 0.15) is 31.4 Å². The lowest BCUT2D eigenvalue weighted by atomic mass is 10.0. The van der Waals surface area contributed by atoms with E-state index in [1.807, 2.05) is 30.0 Å². The van der Waals surface area contributed by atoms with E-state index in [2.05, 4.69) is 46.6 Å². The largest absolute Gasteiger partial charge is 0.368 e. The fraction of sp³-hybridized carbons (Fsp3) is 0.440. The molecule has 0 aromatic heterocycles. The molecule has 2 heterocycles. The lowest BCUT2D eigenvalue weighted by molar-refractivity contribution is -0.142. The first-order chi connectivity index (χ1) is 15.1. The van der Waals surface area contributed by atoms with Crippen molar-refractivity contribution in [3.8, 4) is 11.1 Å². The second-order valence-electron chi connectivity index (χ2n) is 8.38. The molecule has 2 aromatic rings. The summed E-state index contributed by atoms with van der Waals surface area (Å²) in [5.41, 5.74) is 3.43. The summed E-state index contributed by atoms with van der Waals surface area (Å²) >= 11 is 0. The molecule has 2 saturated heterocycles. The van der Waals surface area contributed by atoms with E-state index in [0.717, 1.165) is 18.4 Å². The van der Waals surface area contributed by atoms with E-state index in [1.165, 1.54) is 11.1 Å². The van der Waals surface area contributed by atoms with Gasteiger partial charge in [-0.1, -0.05) is 54.6 Å². The zero-order valence-electron chi connectivity index (χ0n) is 18.1. The third-order valence-corrected chi connectivity index (χ3v) is 6.15. The second-order valence-corrected chi connectivity index (χ2v) is 8.38. The van der Waals surface area contributed by atoms with Crippen LogP contribution in [0.25, 0.3) is 11.1 Å². The third kappa shape index (κ3) is 5.51. The number of rotatable bonds is 6. The molecule has 0 saturated carbocycles. The summed E-state index contributed by atoms with van der Waals surface area (Å²) in [7, 11) is 0. The van der Waals surface area contributed by atoms with Gasteiger partial charge in [0.1, 0.15) is 6.10 Å². The van der Waals surface area contributed by atoms with Crippen LogP contribution in [0, 0.1) is 0 Å². The number of carbonyl (C=O) groups excluding carboxylic acids is 2. The third-order valence-electron chi connectivity index (χ3n) is 6.15. The number of piperazine rings is 1. The summed E-state index contributed by atoms with van der Waals surface area (Å²) in [4.78, 5) is 29.0. The molecular formula is C25H31N3O3. The van der Waals surface area contributed by atoms with Crippen molar-refractivity contribution in [1.82, 2.24) is 15.1 Å². The predicted octanol–water partition coefficient (Wildman–Crippen LogP) is 2.85. The number of nitrogens with one attached hydrogen (secondary N) is 1. The molecule has 1 N–H and O–H groups in total. The Morgan fingerprint density at radius 3 is 2.32 bits per heavy atom. The molecule has 2 fully saturated rings. The van der Waals surface area contributed by atoms with E-state index >= 15 is 0 Å². The minimum absolute atomic E-state index is 0.0125. The fourth-order valence-electron chi connectivity index (χ4n) is 4.27. The van der Waals surface area contributed by atoms with Gasteiger partial charge in [-0.25, -0.2) is 0 Å². The summed E-state index contributed by atoms with van der Waals surface area (Å²) in [6.45, 7) is 5.79. The molecule has 2 amide bonds. The van der Waals surface area contributed by atoms with Gasteiger partial charge in [0.25, 0.3) is 5.91 Å². The Balaban J connectivity index is 1.23. The minimum atomic E-state index is -0.260. The van der Waals surface area contributed by atoms with Gasteiger partial charge in [-0.05, 0) is 36.5 Å². The van der Waals surface area contributed by atoms with Crippen molar-refractivity contribution in [2.75, 3.05) is 39.3 Å². The molecule has 2 atom stereocenters. The van der Waals surface area contributed by atoms with Gasteiger partial charge in [-0.2, -0.15) is 0 Å². The number of hydrogen-bond donors (Lipinski definition) is 1. The van der Waals surface area contributed by atoms with Crippen molar-refractivity contribution >= 4 is 11.8 Å². The maximum atomic E-state index is 12.6. The maximum Gasteiger partial charge on any atom is 0.251 e. The van der Waals surface area contributed by atoms with E-state index in [4.69, 9.17) is 4.74 Å². The molecular weight excluding hydrogens is 390 g/mol. The van der Waals surface area contributed by atoms with Crippen LogP contribution in [0.15, 0.2) is 54.6 Å². The predicted molar refractivity (Wildman–Crippen MR) is 120 cm³/mol. The number of ether oxygens (including phenoxy) is 1. The van der Waals surface area contributed by atoms with Crippen molar-refractivity contribution < 1.29 is 14.3 Å².